The van der Waals surface area contributed by atoms with Crippen molar-refractivity contribution in [1.29, 1.82) is 0 Å². The predicted molar refractivity (Wildman–Crippen MR) is 72.0 cm³/mol. The molecule has 4 heteroatoms. The van der Waals surface area contributed by atoms with Crippen LogP contribution in [-0.4, -0.2) is 18.5 Å². The van der Waals surface area contributed by atoms with E-state index in [1.54, 1.807) is 0 Å². The molecule has 4 nitrogen and oxygen atoms in total. The molecule has 0 heterocycles. The molecule has 0 bridgehead atoms. The van der Waals surface area contributed by atoms with E-state index in [4.69, 9.17) is 9.47 Å². The van der Waals surface area contributed by atoms with Crippen LogP contribution in [0.4, 0.5) is 0 Å². The quantitative estimate of drug-likeness (QED) is 0.585. The normalized spacial score (nSPS) is 10.1. The van der Waals surface area contributed by atoms with E-state index in [1.165, 1.54) is 0 Å². The van der Waals surface area contributed by atoms with Crippen molar-refractivity contribution >= 4 is 11.9 Å². The van der Waals surface area contributed by atoms with E-state index in [2.05, 4.69) is 0 Å². The van der Waals surface area contributed by atoms with Gasteiger partial charge in [-0.15, -0.1) is 0 Å². The smallest absolute Gasteiger partial charge is 0.311 e. The highest BCUT2D eigenvalue weighted by Crippen LogP contribution is 2.19. The van der Waals surface area contributed by atoms with E-state index in [9.17, 15) is 9.59 Å². The van der Waals surface area contributed by atoms with E-state index >= 15 is 0 Å². The van der Waals surface area contributed by atoms with Gasteiger partial charge in [-0.1, -0.05) is 19.1 Å². The zero-order valence-corrected chi connectivity index (χ0v) is 11.7. The Hall–Kier alpha value is -1.84. The standard InChI is InChI=1S/C15H20O4/c1-4-9-18-14(16)7-8-15(17)19-13-10-11(2)5-6-12(13)3/h5-6,10H,4,7-9H2,1-3H3. The Morgan fingerprint density at radius 3 is 2.47 bits per heavy atom. The molecular formula is C15H20O4. The number of hydrogen-bond acceptors (Lipinski definition) is 4. The molecule has 0 aliphatic carbocycles. The molecule has 104 valence electrons. The van der Waals surface area contributed by atoms with Crippen LogP contribution in [0.2, 0.25) is 0 Å². The first-order valence-electron chi connectivity index (χ1n) is 6.46. The summed E-state index contributed by atoms with van der Waals surface area (Å²) < 4.78 is 10.1. The Bertz CT molecular complexity index is 451. The van der Waals surface area contributed by atoms with Crippen LogP contribution in [0.1, 0.15) is 37.3 Å². The van der Waals surface area contributed by atoms with Gasteiger partial charge in [0.2, 0.25) is 0 Å². The number of carbonyl (C=O) groups excluding carboxylic acids is 2. The van der Waals surface area contributed by atoms with Gasteiger partial charge in [-0.25, -0.2) is 0 Å². The zero-order valence-electron chi connectivity index (χ0n) is 11.7. The van der Waals surface area contributed by atoms with Crippen molar-refractivity contribution < 1.29 is 19.1 Å². The lowest BCUT2D eigenvalue weighted by atomic mass is 10.1. The van der Waals surface area contributed by atoms with Crippen LogP contribution < -0.4 is 4.74 Å². The van der Waals surface area contributed by atoms with Crippen LogP contribution in [0.5, 0.6) is 5.75 Å². The van der Waals surface area contributed by atoms with Gasteiger partial charge >= 0.3 is 11.9 Å². The van der Waals surface area contributed by atoms with Gasteiger partial charge in [0, 0.05) is 0 Å². The molecule has 0 amide bonds. The largest absolute Gasteiger partial charge is 0.466 e. The third-order valence-electron chi connectivity index (χ3n) is 2.57. The fraction of sp³-hybridized carbons (Fsp3) is 0.467. The van der Waals surface area contributed by atoms with Gasteiger partial charge in [-0.3, -0.25) is 9.59 Å². The molecule has 0 unspecified atom stereocenters. The average molecular weight is 264 g/mol. The summed E-state index contributed by atoms with van der Waals surface area (Å²) in [5.41, 5.74) is 1.92. The molecule has 0 atom stereocenters. The fourth-order valence-electron chi connectivity index (χ4n) is 1.48. The number of esters is 2. The molecule has 0 aliphatic rings. The first kappa shape index (κ1) is 15.2. The highest BCUT2D eigenvalue weighted by Gasteiger charge is 2.11. The fourth-order valence-corrected chi connectivity index (χ4v) is 1.48. The Balaban J connectivity index is 2.43. The molecule has 0 saturated carbocycles. The Morgan fingerprint density at radius 1 is 1.11 bits per heavy atom. The Kier molecular flexibility index (Phi) is 6.06. The van der Waals surface area contributed by atoms with Crippen molar-refractivity contribution in [3.8, 4) is 5.75 Å². The number of hydrogen-bond donors (Lipinski definition) is 0. The summed E-state index contributed by atoms with van der Waals surface area (Å²) in [5.74, 6) is -0.228. The van der Waals surface area contributed by atoms with Crippen molar-refractivity contribution in [2.75, 3.05) is 6.61 Å². The lowest BCUT2D eigenvalue weighted by Crippen LogP contribution is -2.13. The van der Waals surface area contributed by atoms with Crippen molar-refractivity contribution in [2.45, 2.75) is 40.0 Å². The summed E-state index contributed by atoms with van der Waals surface area (Å²) in [6.45, 7) is 6.11. The third-order valence-corrected chi connectivity index (χ3v) is 2.57. The van der Waals surface area contributed by atoms with Crippen molar-refractivity contribution in [2.24, 2.45) is 0 Å². The minimum absolute atomic E-state index is 0.0376. The highest BCUT2D eigenvalue weighted by atomic mass is 16.5. The molecule has 19 heavy (non-hydrogen) atoms. The molecule has 0 fully saturated rings. The number of rotatable bonds is 6. The second kappa shape index (κ2) is 7.56. The van der Waals surface area contributed by atoms with Gasteiger partial charge in [-0.05, 0) is 37.5 Å². The molecule has 0 spiro atoms. The minimum Gasteiger partial charge on any atom is -0.466 e. The van der Waals surface area contributed by atoms with Gasteiger partial charge in [0.15, 0.2) is 0 Å². The van der Waals surface area contributed by atoms with E-state index < -0.39 is 5.97 Å². The second-order valence-corrected chi connectivity index (χ2v) is 4.46. The summed E-state index contributed by atoms with van der Waals surface area (Å²) >= 11 is 0. The second-order valence-electron chi connectivity index (χ2n) is 4.46. The first-order chi connectivity index (χ1) is 9.02. The molecule has 1 aromatic rings. The van der Waals surface area contributed by atoms with E-state index in [-0.39, 0.29) is 18.8 Å². The summed E-state index contributed by atoms with van der Waals surface area (Å²) in [4.78, 5) is 22.9. The van der Waals surface area contributed by atoms with Crippen molar-refractivity contribution in [3.05, 3.63) is 29.3 Å². The van der Waals surface area contributed by atoms with Crippen molar-refractivity contribution in [1.82, 2.24) is 0 Å². The van der Waals surface area contributed by atoms with Gasteiger partial charge in [0.25, 0.3) is 0 Å². The first-order valence-corrected chi connectivity index (χ1v) is 6.46. The molecular weight excluding hydrogens is 244 g/mol. The maximum absolute atomic E-state index is 11.6. The van der Waals surface area contributed by atoms with E-state index in [1.807, 2.05) is 39.0 Å². The Morgan fingerprint density at radius 2 is 1.79 bits per heavy atom. The van der Waals surface area contributed by atoms with E-state index in [0.29, 0.717) is 12.4 Å². The van der Waals surface area contributed by atoms with Crippen LogP contribution in [0.25, 0.3) is 0 Å². The molecule has 0 N–H and O–H groups in total. The number of carbonyl (C=O) groups is 2. The number of aryl methyl sites for hydroxylation is 2. The SMILES string of the molecule is CCCOC(=O)CCC(=O)Oc1cc(C)ccc1C. The van der Waals surface area contributed by atoms with Crippen LogP contribution >= 0.6 is 0 Å². The van der Waals surface area contributed by atoms with Gasteiger partial charge in [0.05, 0.1) is 19.4 Å². The molecule has 0 aliphatic heterocycles. The highest BCUT2D eigenvalue weighted by molar-refractivity contribution is 5.79. The summed E-state index contributed by atoms with van der Waals surface area (Å²) in [5, 5.41) is 0. The van der Waals surface area contributed by atoms with Gasteiger partial charge in [-0.2, -0.15) is 0 Å². The number of ether oxygens (including phenoxy) is 2. The molecule has 1 aromatic carbocycles. The van der Waals surface area contributed by atoms with Crippen molar-refractivity contribution in [3.63, 3.8) is 0 Å². The summed E-state index contributed by atoms with van der Waals surface area (Å²) in [6.07, 6.45) is 0.873. The monoisotopic (exact) mass is 264 g/mol. The topological polar surface area (TPSA) is 52.6 Å². The van der Waals surface area contributed by atoms with Crippen LogP contribution in [0.15, 0.2) is 18.2 Å². The lowest BCUT2D eigenvalue weighted by molar-refractivity contribution is -0.146. The molecule has 0 radical (unpaired) electrons. The van der Waals surface area contributed by atoms with Crippen LogP contribution in [0.3, 0.4) is 0 Å². The van der Waals surface area contributed by atoms with Crippen LogP contribution in [0, 0.1) is 13.8 Å². The third kappa shape index (κ3) is 5.55. The maximum Gasteiger partial charge on any atom is 0.311 e. The minimum atomic E-state index is -0.415. The average Bonchev–Trinajstić information content (AvgIpc) is 2.38. The zero-order chi connectivity index (χ0) is 14.3. The van der Waals surface area contributed by atoms with E-state index in [0.717, 1.165) is 17.5 Å². The molecule has 0 saturated heterocycles. The number of benzene rings is 1. The Labute approximate surface area is 113 Å². The van der Waals surface area contributed by atoms with Crippen LogP contribution in [-0.2, 0) is 14.3 Å². The lowest BCUT2D eigenvalue weighted by Gasteiger charge is -2.08. The predicted octanol–water partition coefficient (Wildman–Crippen LogP) is 2.94. The summed E-state index contributed by atoms with van der Waals surface area (Å²) in [6, 6.07) is 5.66. The van der Waals surface area contributed by atoms with Gasteiger partial charge < -0.3 is 9.47 Å². The summed E-state index contributed by atoms with van der Waals surface area (Å²) in [7, 11) is 0. The maximum atomic E-state index is 11.6. The molecule has 1 rings (SSSR count). The van der Waals surface area contributed by atoms with Gasteiger partial charge in [0.1, 0.15) is 5.75 Å². The molecule has 0 aromatic heterocycles.